The highest BCUT2D eigenvalue weighted by Gasteiger charge is 2.39. The average Bonchev–Trinajstić information content (AvgIpc) is 3.28. The summed E-state index contributed by atoms with van der Waals surface area (Å²) in [6.45, 7) is 1.36. The Morgan fingerprint density at radius 2 is 1.31 bits per heavy atom. The number of aliphatic hydroxyl groups excluding tert-OH is 1. The molecule has 2 N–H and O–H groups in total. The highest BCUT2D eigenvalue weighted by Crippen LogP contribution is 2.40. The summed E-state index contributed by atoms with van der Waals surface area (Å²) in [7, 11) is 0. The highest BCUT2D eigenvalue weighted by atomic mass is 16.5. The van der Waals surface area contributed by atoms with Crippen LogP contribution in [0, 0.1) is 0 Å². The van der Waals surface area contributed by atoms with Crippen LogP contribution in [0.3, 0.4) is 0 Å². The Morgan fingerprint density at radius 1 is 0.795 bits per heavy atom. The normalized spacial score (nSPS) is 16.3. The molecule has 0 saturated heterocycles. The van der Waals surface area contributed by atoms with Crippen LogP contribution in [0.5, 0.6) is 0 Å². The summed E-state index contributed by atoms with van der Waals surface area (Å²) in [4.78, 5) is 0. The predicted molar refractivity (Wildman–Crippen MR) is 152 cm³/mol. The summed E-state index contributed by atoms with van der Waals surface area (Å²) in [5.41, 5.74) is 5.18. The second kappa shape index (κ2) is 11.3. The number of aliphatic hydroxyl groups is 1. The SMILES string of the molecule is O[C@H](COC(c1ccccc1)(c1ccccc1)c1ccccc1)[C@H]1Cn2nnc(-c3ccccc3)c2CCN1. The van der Waals surface area contributed by atoms with E-state index >= 15 is 0 Å². The molecule has 1 aliphatic rings. The van der Waals surface area contributed by atoms with Gasteiger partial charge in [-0.1, -0.05) is 127 Å². The zero-order valence-electron chi connectivity index (χ0n) is 21.7. The van der Waals surface area contributed by atoms with Gasteiger partial charge in [-0.25, -0.2) is 4.68 Å². The third-order valence-electron chi connectivity index (χ3n) is 7.50. The lowest BCUT2D eigenvalue weighted by atomic mass is 9.80. The molecule has 6 heteroatoms. The van der Waals surface area contributed by atoms with Gasteiger partial charge in [0.25, 0.3) is 0 Å². The maximum absolute atomic E-state index is 11.5. The van der Waals surface area contributed by atoms with Gasteiger partial charge in [0.05, 0.1) is 31.0 Å². The third-order valence-corrected chi connectivity index (χ3v) is 7.50. The molecule has 2 heterocycles. The molecule has 6 rings (SSSR count). The molecule has 0 fully saturated rings. The van der Waals surface area contributed by atoms with E-state index in [1.807, 2.05) is 77.5 Å². The summed E-state index contributed by atoms with van der Waals surface area (Å²) in [5, 5.41) is 24.0. The molecule has 0 amide bonds. The molecule has 0 spiro atoms. The fourth-order valence-electron chi connectivity index (χ4n) is 5.53. The Morgan fingerprint density at radius 3 is 1.85 bits per heavy atom. The number of nitrogens with one attached hydrogen (secondary N) is 1. The third kappa shape index (κ3) is 5.02. The topological polar surface area (TPSA) is 72.2 Å². The van der Waals surface area contributed by atoms with Crippen LogP contribution >= 0.6 is 0 Å². The molecular weight excluding hydrogens is 484 g/mol. The van der Waals surface area contributed by atoms with Gasteiger partial charge in [-0.15, -0.1) is 5.10 Å². The molecule has 5 aromatic rings. The predicted octanol–water partition coefficient (Wildman–Crippen LogP) is 4.83. The first-order chi connectivity index (χ1) is 19.3. The van der Waals surface area contributed by atoms with Crippen molar-refractivity contribution in [2.75, 3.05) is 13.2 Å². The van der Waals surface area contributed by atoms with Gasteiger partial charge in [0.15, 0.2) is 0 Å². The van der Waals surface area contributed by atoms with Gasteiger partial charge in [0, 0.05) is 18.5 Å². The number of nitrogens with zero attached hydrogens (tertiary/aromatic N) is 3. The molecule has 0 radical (unpaired) electrons. The molecular formula is C33H32N4O2. The minimum atomic E-state index is -0.881. The molecule has 4 aromatic carbocycles. The largest absolute Gasteiger partial charge is 0.389 e. The van der Waals surface area contributed by atoms with Crippen LogP contribution in [0.15, 0.2) is 121 Å². The number of aromatic nitrogens is 3. The summed E-state index contributed by atoms with van der Waals surface area (Å²) in [6.07, 6.45) is 0.0133. The standard InChI is InChI=1S/C33H32N4O2/c38-31(29-23-37-30(21-22-34-29)32(35-36-37)25-13-5-1-6-14-25)24-39-33(26-15-7-2-8-16-26,27-17-9-3-10-18-27)28-19-11-4-12-20-28/h1-20,29,31,34,38H,21-24H2/t29-,31-/m1/s1. The number of fused-ring (bicyclic) bond motifs is 1. The fourth-order valence-corrected chi connectivity index (χ4v) is 5.53. The Hall–Kier alpha value is -4.10. The van der Waals surface area contributed by atoms with Crippen molar-refractivity contribution in [1.82, 2.24) is 20.3 Å². The average molecular weight is 517 g/mol. The van der Waals surface area contributed by atoms with Crippen molar-refractivity contribution in [1.29, 1.82) is 0 Å². The maximum Gasteiger partial charge on any atom is 0.143 e. The van der Waals surface area contributed by atoms with Gasteiger partial charge in [-0.05, 0) is 16.7 Å². The van der Waals surface area contributed by atoms with Crippen molar-refractivity contribution in [3.05, 3.63) is 144 Å². The van der Waals surface area contributed by atoms with E-state index in [2.05, 4.69) is 64.2 Å². The van der Waals surface area contributed by atoms with Crippen molar-refractivity contribution in [3.63, 3.8) is 0 Å². The number of ether oxygens (including phenoxy) is 1. The number of rotatable bonds is 8. The van der Waals surface area contributed by atoms with Gasteiger partial charge >= 0.3 is 0 Å². The number of hydrogen-bond donors (Lipinski definition) is 2. The van der Waals surface area contributed by atoms with Crippen LogP contribution in [0.1, 0.15) is 22.4 Å². The summed E-state index contributed by atoms with van der Waals surface area (Å²) in [5.74, 6) is 0. The van der Waals surface area contributed by atoms with Gasteiger partial charge < -0.3 is 15.2 Å². The van der Waals surface area contributed by atoms with E-state index in [4.69, 9.17) is 4.74 Å². The number of hydrogen-bond acceptors (Lipinski definition) is 5. The van der Waals surface area contributed by atoms with E-state index in [0.29, 0.717) is 6.54 Å². The quantitative estimate of drug-likeness (QED) is 0.289. The molecule has 196 valence electrons. The smallest absolute Gasteiger partial charge is 0.143 e. The molecule has 0 saturated carbocycles. The minimum Gasteiger partial charge on any atom is -0.389 e. The molecule has 1 aliphatic heterocycles. The second-order valence-corrected chi connectivity index (χ2v) is 9.90. The van der Waals surface area contributed by atoms with E-state index in [0.717, 1.165) is 46.6 Å². The van der Waals surface area contributed by atoms with Gasteiger partial charge in [-0.2, -0.15) is 0 Å². The van der Waals surface area contributed by atoms with Crippen LogP contribution in [0.4, 0.5) is 0 Å². The fraction of sp³-hybridized carbons (Fsp3) is 0.212. The van der Waals surface area contributed by atoms with E-state index in [-0.39, 0.29) is 12.6 Å². The van der Waals surface area contributed by atoms with E-state index < -0.39 is 11.7 Å². The first-order valence-corrected chi connectivity index (χ1v) is 13.5. The lowest BCUT2D eigenvalue weighted by Gasteiger charge is -2.37. The Labute approximate surface area is 228 Å². The second-order valence-electron chi connectivity index (χ2n) is 9.90. The molecule has 6 nitrogen and oxygen atoms in total. The van der Waals surface area contributed by atoms with Crippen molar-refractivity contribution in [2.24, 2.45) is 0 Å². The Balaban J connectivity index is 1.30. The molecule has 1 aromatic heterocycles. The van der Waals surface area contributed by atoms with Crippen LogP contribution < -0.4 is 5.32 Å². The van der Waals surface area contributed by atoms with Crippen molar-refractivity contribution in [2.45, 2.75) is 30.7 Å². The minimum absolute atomic E-state index is 0.131. The Bertz CT molecular complexity index is 1380. The monoisotopic (exact) mass is 516 g/mol. The van der Waals surface area contributed by atoms with E-state index in [1.54, 1.807) is 0 Å². The van der Waals surface area contributed by atoms with Crippen LogP contribution in [-0.2, 0) is 23.3 Å². The zero-order chi connectivity index (χ0) is 26.5. The number of benzene rings is 4. The Kier molecular flexibility index (Phi) is 7.32. The molecule has 0 unspecified atom stereocenters. The molecule has 0 bridgehead atoms. The van der Waals surface area contributed by atoms with Crippen molar-refractivity contribution >= 4 is 0 Å². The summed E-state index contributed by atoms with van der Waals surface area (Å²) in [6, 6.07) is 40.6. The van der Waals surface area contributed by atoms with Gasteiger partial charge in [0.1, 0.15) is 11.3 Å². The first-order valence-electron chi connectivity index (χ1n) is 13.5. The summed E-state index contributed by atoms with van der Waals surface area (Å²) < 4.78 is 8.80. The lowest BCUT2D eigenvalue weighted by molar-refractivity contribution is -0.0500. The van der Waals surface area contributed by atoms with E-state index in [9.17, 15) is 5.11 Å². The van der Waals surface area contributed by atoms with Crippen molar-refractivity contribution in [3.8, 4) is 11.3 Å². The molecule has 2 atom stereocenters. The zero-order valence-corrected chi connectivity index (χ0v) is 21.7. The van der Waals surface area contributed by atoms with E-state index in [1.165, 1.54) is 0 Å². The highest BCUT2D eigenvalue weighted by molar-refractivity contribution is 5.61. The molecule has 39 heavy (non-hydrogen) atoms. The lowest BCUT2D eigenvalue weighted by Crippen LogP contribution is -2.46. The van der Waals surface area contributed by atoms with Gasteiger partial charge in [0.2, 0.25) is 0 Å². The van der Waals surface area contributed by atoms with Crippen LogP contribution in [-0.4, -0.2) is 45.4 Å². The van der Waals surface area contributed by atoms with Crippen LogP contribution in [0.25, 0.3) is 11.3 Å². The van der Waals surface area contributed by atoms with Gasteiger partial charge in [-0.3, -0.25) is 0 Å². The summed E-state index contributed by atoms with van der Waals surface area (Å²) >= 11 is 0. The first kappa shape index (κ1) is 25.2. The van der Waals surface area contributed by atoms with Crippen molar-refractivity contribution < 1.29 is 9.84 Å². The van der Waals surface area contributed by atoms with Crippen LogP contribution in [0.2, 0.25) is 0 Å². The maximum atomic E-state index is 11.5. The molecule has 0 aliphatic carbocycles.